The van der Waals surface area contributed by atoms with Crippen molar-refractivity contribution in [1.82, 2.24) is 29.5 Å². The molecule has 0 radical (unpaired) electrons. The van der Waals surface area contributed by atoms with E-state index < -0.39 is 0 Å². The number of nitrogens with two attached hydrogens (primary N) is 1. The second kappa shape index (κ2) is 8.62. The van der Waals surface area contributed by atoms with Crippen LogP contribution in [0.25, 0.3) is 28.3 Å². The van der Waals surface area contributed by atoms with Gasteiger partial charge in [-0.25, -0.2) is 9.97 Å². The predicted molar refractivity (Wildman–Crippen MR) is 127 cm³/mol. The first-order chi connectivity index (χ1) is 16.5. The van der Waals surface area contributed by atoms with Gasteiger partial charge in [0, 0.05) is 42.6 Å². The SMILES string of the molecule is COc1cc(OC)cc(-n2nc(-c3nc(-c4cnn(C)c4)cnc3N)cc(C3CCC3)c2=O)c1. The Morgan fingerprint density at radius 3 is 2.35 bits per heavy atom. The lowest BCUT2D eigenvalue weighted by Gasteiger charge is -2.26. The number of nitrogens with zero attached hydrogens (tertiary/aromatic N) is 6. The molecule has 3 aromatic heterocycles. The van der Waals surface area contributed by atoms with Crippen molar-refractivity contribution < 1.29 is 9.47 Å². The first kappa shape index (κ1) is 21.6. The summed E-state index contributed by atoms with van der Waals surface area (Å²) in [5.41, 5.74) is 9.57. The van der Waals surface area contributed by atoms with Crippen LogP contribution in [0, 0.1) is 0 Å². The van der Waals surface area contributed by atoms with Crippen molar-refractivity contribution in [2.75, 3.05) is 20.0 Å². The molecule has 10 nitrogen and oxygen atoms in total. The highest BCUT2D eigenvalue weighted by Crippen LogP contribution is 2.36. The molecule has 5 rings (SSSR count). The molecular formula is C24H25N7O3. The van der Waals surface area contributed by atoms with E-state index in [2.05, 4.69) is 15.2 Å². The molecule has 0 saturated heterocycles. The van der Waals surface area contributed by atoms with E-state index in [1.165, 1.54) is 4.68 Å². The van der Waals surface area contributed by atoms with Gasteiger partial charge in [0.2, 0.25) is 0 Å². The molecule has 0 spiro atoms. The number of benzene rings is 1. The Bertz CT molecular complexity index is 1400. The molecule has 0 atom stereocenters. The van der Waals surface area contributed by atoms with Crippen LogP contribution in [0.15, 0.2) is 47.7 Å². The molecule has 0 unspecified atom stereocenters. The third-order valence-electron chi connectivity index (χ3n) is 6.11. The molecule has 1 aliphatic carbocycles. The summed E-state index contributed by atoms with van der Waals surface area (Å²) in [6, 6.07) is 7.03. The molecule has 34 heavy (non-hydrogen) atoms. The number of aromatic nitrogens is 6. The molecule has 1 saturated carbocycles. The summed E-state index contributed by atoms with van der Waals surface area (Å²) in [4.78, 5) is 22.6. The van der Waals surface area contributed by atoms with Crippen LogP contribution in [0.4, 0.5) is 5.82 Å². The van der Waals surface area contributed by atoms with Gasteiger partial charge in [-0.2, -0.15) is 14.9 Å². The van der Waals surface area contributed by atoms with E-state index in [4.69, 9.17) is 20.2 Å². The first-order valence-electron chi connectivity index (χ1n) is 11.0. The fourth-order valence-corrected chi connectivity index (χ4v) is 4.01. The topological polar surface area (TPSA) is 123 Å². The maximum atomic E-state index is 13.5. The van der Waals surface area contributed by atoms with E-state index in [0.29, 0.717) is 39.8 Å². The Balaban J connectivity index is 1.71. The van der Waals surface area contributed by atoms with Gasteiger partial charge >= 0.3 is 0 Å². The van der Waals surface area contributed by atoms with Gasteiger partial charge in [0.05, 0.1) is 38.0 Å². The number of rotatable bonds is 6. The van der Waals surface area contributed by atoms with E-state index in [1.807, 2.05) is 13.2 Å². The summed E-state index contributed by atoms with van der Waals surface area (Å²) in [6.45, 7) is 0. The second-order valence-electron chi connectivity index (χ2n) is 8.29. The average Bonchev–Trinajstić information content (AvgIpc) is 3.25. The van der Waals surface area contributed by atoms with Gasteiger partial charge in [-0.05, 0) is 24.8 Å². The summed E-state index contributed by atoms with van der Waals surface area (Å²) in [5.74, 6) is 1.50. The van der Waals surface area contributed by atoms with Gasteiger partial charge in [0.1, 0.15) is 22.9 Å². The van der Waals surface area contributed by atoms with Crippen LogP contribution >= 0.6 is 0 Å². The summed E-state index contributed by atoms with van der Waals surface area (Å²) in [6.07, 6.45) is 8.16. The zero-order valence-corrected chi connectivity index (χ0v) is 19.2. The van der Waals surface area contributed by atoms with Crippen LogP contribution in [0.3, 0.4) is 0 Å². The number of anilines is 1. The lowest BCUT2D eigenvalue weighted by Crippen LogP contribution is -2.29. The molecule has 0 aliphatic heterocycles. The molecule has 1 aliphatic rings. The number of nitrogen functional groups attached to an aromatic ring is 1. The van der Waals surface area contributed by atoms with Gasteiger partial charge in [0.15, 0.2) is 5.82 Å². The minimum Gasteiger partial charge on any atom is -0.497 e. The van der Waals surface area contributed by atoms with Gasteiger partial charge in [-0.3, -0.25) is 9.48 Å². The summed E-state index contributed by atoms with van der Waals surface area (Å²) in [7, 11) is 4.95. The summed E-state index contributed by atoms with van der Waals surface area (Å²) >= 11 is 0. The quantitative estimate of drug-likeness (QED) is 0.467. The van der Waals surface area contributed by atoms with Crippen molar-refractivity contribution in [3.63, 3.8) is 0 Å². The summed E-state index contributed by atoms with van der Waals surface area (Å²) < 4.78 is 13.8. The normalized spacial score (nSPS) is 13.5. The third-order valence-corrected chi connectivity index (χ3v) is 6.11. The van der Waals surface area contributed by atoms with Crippen LogP contribution in [-0.2, 0) is 7.05 Å². The Labute approximate surface area is 196 Å². The van der Waals surface area contributed by atoms with Gasteiger partial charge < -0.3 is 15.2 Å². The predicted octanol–water partition coefficient (Wildman–Crippen LogP) is 2.96. The Hall–Kier alpha value is -4.21. The number of hydrogen-bond donors (Lipinski definition) is 1. The fraction of sp³-hybridized carbons (Fsp3) is 0.292. The highest BCUT2D eigenvalue weighted by molar-refractivity contribution is 5.70. The van der Waals surface area contributed by atoms with Crippen molar-refractivity contribution >= 4 is 5.82 Å². The number of aryl methyl sites for hydroxylation is 1. The zero-order valence-electron chi connectivity index (χ0n) is 19.2. The van der Waals surface area contributed by atoms with Crippen molar-refractivity contribution in [2.45, 2.75) is 25.2 Å². The number of ether oxygens (including phenoxy) is 2. The zero-order chi connectivity index (χ0) is 23.8. The Kier molecular flexibility index (Phi) is 5.48. The lowest BCUT2D eigenvalue weighted by molar-refractivity contribution is 0.393. The summed E-state index contributed by atoms with van der Waals surface area (Å²) in [5, 5.41) is 8.86. The standard InChI is InChI=1S/C24H25N7O3/c1-30-13-15(11-27-30)21-12-26-23(25)22(28-21)20-10-19(14-5-4-6-14)24(32)31(29-20)16-7-17(33-2)9-18(8-16)34-3/h7-14H,4-6H2,1-3H3,(H2,25,26). The molecule has 4 aromatic rings. The fourth-order valence-electron chi connectivity index (χ4n) is 4.01. The van der Waals surface area contributed by atoms with Gasteiger partial charge in [-0.15, -0.1) is 0 Å². The lowest BCUT2D eigenvalue weighted by atomic mass is 9.80. The number of hydrogen-bond acceptors (Lipinski definition) is 8. The second-order valence-corrected chi connectivity index (χ2v) is 8.29. The molecule has 0 amide bonds. The smallest absolute Gasteiger partial charge is 0.275 e. The Morgan fingerprint density at radius 2 is 1.76 bits per heavy atom. The van der Waals surface area contributed by atoms with Crippen LogP contribution in [-0.4, -0.2) is 43.7 Å². The molecule has 174 valence electrons. The largest absolute Gasteiger partial charge is 0.497 e. The van der Waals surface area contributed by atoms with Crippen molar-refractivity contribution in [3.05, 3.63) is 58.8 Å². The molecule has 2 N–H and O–H groups in total. The van der Waals surface area contributed by atoms with Crippen molar-refractivity contribution in [1.29, 1.82) is 0 Å². The number of methoxy groups -OCH3 is 2. The van der Waals surface area contributed by atoms with E-state index in [1.54, 1.807) is 55.6 Å². The average molecular weight is 460 g/mol. The molecular weight excluding hydrogens is 434 g/mol. The molecule has 3 heterocycles. The molecule has 10 heteroatoms. The van der Waals surface area contributed by atoms with Crippen LogP contribution in [0.5, 0.6) is 11.5 Å². The van der Waals surface area contributed by atoms with Crippen LogP contribution in [0.2, 0.25) is 0 Å². The van der Waals surface area contributed by atoms with Crippen LogP contribution in [0.1, 0.15) is 30.7 Å². The minimum atomic E-state index is -0.182. The molecule has 1 fully saturated rings. The van der Waals surface area contributed by atoms with E-state index in [9.17, 15) is 4.79 Å². The molecule has 1 aromatic carbocycles. The highest BCUT2D eigenvalue weighted by Gasteiger charge is 2.26. The van der Waals surface area contributed by atoms with E-state index in [0.717, 1.165) is 24.8 Å². The monoisotopic (exact) mass is 459 g/mol. The van der Waals surface area contributed by atoms with Crippen LogP contribution < -0.4 is 20.8 Å². The third kappa shape index (κ3) is 3.87. The van der Waals surface area contributed by atoms with Crippen molar-refractivity contribution in [2.24, 2.45) is 7.05 Å². The Morgan fingerprint density at radius 1 is 1.03 bits per heavy atom. The maximum absolute atomic E-state index is 13.5. The molecule has 0 bridgehead atoms. The van der Waals surface area contributed by atoms with Gasteiger partial charge in [-0.1, -0.05) is 6.42 Å². The van der Waals surface area contributed by atoms with E-state index >= 15 is 0 Å². The van der Waals surface area contributed by atoms with E-state index in [-0.39, 0.29) is 17.3 Å². The highest BCUT2D eigenvalue weighted by atomic mass is 16.5. The maximum Gasteiger partial charge on any atom is 0.275 e. The first-order valence-corrected chi connectivity index (χ1v) is 11.0. The van der Waals surface area contributed by atoms with Gasteiger partial charge in [0.25, 0.3) is 5.56 Å². The minimum absolute atomic E-state index is 0.170. The van der Waals surface area contributed by atoms with Crippen molar-refractivity contribution in [3.8, 4) is 39.8 Å².